The molecule has 33 heavy (non-hydrogen) atoms. The fourth-order valence-electron chi connectivity index (χ4n) is 3.10. The SMILES string of the molecule is COc1ccc(OC)c(-c2c(NS(=O)c3ccc([N+](=O)[O-])cc3[N+](=O)[O-])c(C=O)nn2C)c1. The van der Waals surface area contributed by atoms with Gasteiger partial charge in [0.25, 0.3) is 11.4 Å². The Morgan fingerprint density at radius 3 is 2.39 bits per heavy atom. The van der Waals surface area contributed by atoms with Crippen LogP contribution in [0, 0.1) is 20.2 Å². The molecule has 0 saturated carbocycles. The highest BCUT2D eigenvalue weighted by molar-refractivity contribution is 7.86. The first-order valence-corrected chi connectivity index (χ1v) is 10.2. The second-order valence-corrected chi connectivity index (χ2v) is 7.63. The van der Waals surface area contributed by atoms with Crippen molar-refractivity contribution < 1.29 is 28.3 Å². The molecule has 3 rings (SSSR count). The lowest BCUT2D eigenvalue weighted by atomic mass is 10.1. The topological polar surface area (TPSA) is 169 Å². The lowest BCUT2D eigenvalue weighted by Crippen LogP contribution is -2.10. The van der Waals surface area contributed by atoms with Crippen LogP contribution in [-0.4, -0.2) is 44.3 Å². The molecule has 3 aromatic rings. The van der Waals surface area contributed by atoms with Crippen LogP contribution in [0.15, 0.2) is 41.3 Å². The van der Waals surface area contributed by atoms with Gasteiger partial charge in [0.2, 0.25) is 0 Å². The van der Waals surface area contributed by atoms with Gasteiger partial charge in [-0.05, 0) is 24.3 Å². The highest BCUT2D eigenvalue weighted by Gasteiger charge is 2.27. The van der Waals surface area contributed by atoms with E-state index >= 15 is 0 Å². The number of non-ortho nitro benzene ring substituents is 1. The summed E-state index contributed by atoms with van der Waals surface area (Å²) >= 11 is 0. The van der Waals surface area contributed by atoms with Gasteiger partial charge in [0.15, 0.2) is 17.3 Å². The number of nitro benzene ring substituents is 2. The number of carbonyl (C=O) groups is 1. The summed E-state index contributed by atoms with van der Waals surface area (Å²) in [6.07, 6.45) is 0.430. The number of ether oxygens (including phenoxy) is 2. The third-order valence-electron chi connectivity index (χ3n) is 4.59. The van der Waals surface area contributed by atoms with Crippen molar-refractivity contribution in [3.8, 4) is 22.8 Å². The largest absolute Gasteiger partial charge is 0.497 e. The quantitative estimate of drug-likeness (QED) is 0.278. The molecule has 13 nitrogen and oxygen atoms in total. The highest BCUT2D eigenvalue weighted by Crippen LogP contribution is 2.39. The molecule has 0 fully saturated rings. The van der Waals surface area contributed by atoms with E-state index in [2.05, 4.69) is 9.82 Å². The molecule has 0 spiro atoms. The molecule has 14 heteroatoms. The highest BCUT2D eigenvalue weighted by atomic mass is 32.2. The number of benzene rings is 2. The van der Waals surface area contributed by atoms with E-state index in [0.29, 0.717) is 35.1 Å². The van der Waals surface area contributed by atoms with E-state index in [9.17, 15) is 29.2 Å². The Bertz CT molecular complexity index is 1290. The molecule has 0 aliphatic heterocycles. The van der Waals surface area contributed by atoms with Gasteiger partial charge >= 0.3 is 0 Å². The second-order valence-electron chi connectivity index (χ2n) is 6.45. The molecule has 1 N–H and O–H groups in total. The number of nitro groups is 2. The van der Waals surface area contributed by atoms with Crippen LogP contribution in [0.1, 0.15) is 10.5 Å². The molecule has 1 atom stereocenters. The summed E-state index contributed by atoms with van der Waals surface area (Å²) in [6.45, 7) is 0. The number of aryl methyl sites for hydroxylation is 1. The fourth-order valence-corrected chi connectivity index (χ4v) is 4.11. The standard InChI is InChI=1S/C19H17N5O8S/c1-22-19(13-9-12(31-2)5-6-16(13)32-3)18(14(10-25)20-22)21-33(30)17-7-4-11(23(26)27)8-15(17)24(28)29/h4-10,21H,1-3H3. The lowest BCUT2D eigenvalue weighted by Gasteiger charge is -2.13. The van der Waals surface area contributed by atoms with Gasteiger partial charge in [-0.2, -0.15) is 5.10 Å². The maximum absolute atomic E-state index is 13.1. The number of hydrogen-bond donors (Lipinski definition) is 1. The van der Waals surface area contributed by atoms with Crippen molar-refractivity contribution in [3.05, 3.63) is 62.3 Å². The van der Waals surface area contributed by atoms with Crippen LogP contribution in [0.25, 0.3) is 11.3 Å². The van der Waals surface area contributed by atoms with Crippen molar-refractivity contribution in [3.63, 3.8) is 0 Å². The Balaban J connectivity index is 2.15. The lowest BCUT2D eigenvalue weighted by molar-refractivity contribution is -0.396. The van der Waals surface area contributed by atoms with Crippen LogP contribution in [0.3, 0.4) is 0 Å². The van der Waals surface area contributed by atoms with E-state index < -0.39 is 32.2 Å². The number of nitrogens with zero attached hydrogens (tertiary/aromatic N) is 4. The molecular weight excluding hydrogens is 458 g/mol. The molecule has 0 aliphatic rings. The molecule has 0 aliphatic carbocycles. The van der Waals surface area contributed by atoms with Gasteiger partial charge in [0, 0.05) is 18.7 Å². The molecule has 1 aromatic heterocycles. The smallest absolute Gasteiger partial charge is 0.294 e. The monoisotopic (exact) mass is 475 g/mol. The summed E-state index contributed by atoms with van der Waals surface area (Å²) < 4.78 is 27.6. The minimum absolute atomic E-state index is 0.0186. The third-order valence-corrected chi connectivity index (χ3v) is 5.73. The number of nitrogens with one attached hydrogen (secondary N) is 1. The second kappa shape index (κ2) is 9.44. The maximum Gasteiger partial charge on any atom is 0.294 e. The Hall–Kier alpha value is -4.33. The molecular formula is C19H17N5O8S. The van der Waals surface area contributed by atoms with Crippen molar-refractivity contribution in [2.24, 2.45) is 7.05 Å². The zero-order valence-corrected chi connectivity index (χ0v) is 18.3. The predicted octanol–water partition coefficient (Wildman–Crippen LogP) is 2.87. The number of carbonyl (C=O) groups excluding carboxylic acids is 1. The number of aldehydes is 1. The van der Waals surface area contributed by atoms with Gasteiger partial charge in [-0.3, -0.25) is 34.4 Å². The minimum Gasteiger partial charge on any atom is -0.497 e. The van der Waals surface area contributed by atoms with Crippen LogP contribution in [0.5, 0.6) is 11.5 Å². The fraction of sp³-hybridized carbons (Fsp3) is 0.158. The number of hydrogen-bond acceptors (Lipinski definition) is 9. The van der Waals surface area contributed by atoms with Crippen LogP contribution in [0.2, 0.25) is 0 Å². The summed E-state index contributed by atoms with van der Waals surface area (Å²) in [6, 6.07) is 7.63. The van der Waals surface area contributed by atoms with E-state index in [1.165, 1.54) is 18.9 Å². The molecule has 1 heterocycles. The Morgan fingerprint density at radius 1 is 1.09 bits per heavy atom. The Kier molecular flexibility index (Phi) is 6.67. The van der Waals surface area contributed by atoms with Crippen LogP contribution >= 0.6 is 0 Å². The maximum atomic E-state index is 13.1. The van der Waals surface area contributed by atoms with E-state index in [4.69, 9.17) is 9.47 Å². The summed E-state index contributed by atoms with van der Waals surface area (Å²) in [5, 5.41) is 26.5. The van der Waals surface area contributed by atoms with Gasteiger partial charge in [-0.15, -0.1) is 0 Å². The Morgan fingerprint density at radius 2 is 1.82 bits per heavy atom. The van der Waals surface area contributed by atoms with Gasteiger partial charge < -0.3 is 9.47 Å². The summed E-state index contributed by atoms with van der Waals surface area (Å²) in [7, 11) is 2.16. The van der Waals surface area contributed by atoms with Crippen molar-refractivity contribution >= 4 is 34.3 Å². The Labute approximate surface area is 188 Å². The van der Waals surface area contributed by atoms with Crippen LogP contribution in [-0.2, 0) is 18.0 Å². The minimum atomic E-state index is -2.28. The first kappa shape index (κ1) is 23.3. The van der Waals surface area contributed by atoms with Crippen molar-refractivity contribution in [2.75, 3.05) is 18.9 Å². The molecule has 0 saturated heterocycles. The molecule has 0 bridgehead atoms. The van der Waals surface area contributed by atoms with Gasteiger partial charge in [-0.1, -0.05) is 0 Å². The summed E-state index contributed by atoms with van der Waals surface area (Å²) in [4.78, 5) is 32.1. The van der Waals surface area contributed by atoms with Gasteiger partial charge in [0.05, 0.1) is 35.8 Å². The summed E-state index contributed by atoms with van der Waals surface area (Å²) in [5.41, 5.74) is -0.602. The normalized spacial score (nSPS) is 11.5. The zero-order valence-electron chi connectivity index (χ0n) is 17.5. The van der Waals surface area contributed by atoms with Crippen LogP contribution < -0.4 is 14.2 Å². The average Bonchev–Trinajstić information content (AvgIpc) is 3.12. The average molecular weight is 475 g/mol. The zero-order chi connectivity index (χ0) is 24.3. The molecule has 1 unspecified atom stereocenters. The number of methoxy groups -OCH3 is 2. The van der Waals surface area contributed by atoms with E-state index in [1.807, 2.05) is 0 Å². The van der Waals surface area contributed by atoms with E-state index in [1.54, 1.807) is 25.2 Å². The number of anilines is 1. The first-order valence-electron chi connectivity index (χ1n) is 9.07. The van der Waals surface area contributed by atoms with Crippen molar-refractivity contribution in [2.45, 2.75) is 4.90 Å². The first-order chi connectivity index (χ1) is 15.7. The van der Waals surface area contributed by atoms with Gasteiger partial charge in [-0.25, -0.2) is 4.21 Å². The third kappa shape index (κ3) is 4.50. The van der Waals surface area contributed by atoms with Crippen molar-refractivity contribution in [1.29, 1.82) is 0 Å². The number of rotatable bonds is 9. The van der Waals surface area contributed by atoms with Crippen molar-refractivity contribution in [1.82, 2.24) is 9.78 Å². The molecule has 0 radical (unpaired) electrons. The van der Waals surface area contributed by atoms with E-state index in [-0.39, 0.29) is 16.3 Å². The van der Waals surface area contributed by atoms with Gasteiger partial charge in [0.1, 0.15) is 27.8 Å². The number of aromatic nitrogens is 2. The molecule has 2 aromatic carbocycles. The molecule has 0 amide bonds. The molecule has 172 valence electrons. The summed E-state index contributed by atoms with van der Waals surface area (Å²) in [5.74, 6) is 0.865. The predicted molar refractivity (Wildman–Crippen MR) is 117 cm³/mol. The van der Waals surface area contributed by atoms with Crippen LogP contribution in [0.4, 0.5) is 17.1 Å². The van der Waals surface area contributed by atoms with E-state index in [0.717, 1.165) is 12.1 Å².